The maximum Gasteiger partial charge on any atom is 0.223 e. The van der Waals surface area contributed by atoms with Crippen LogP contribution in [0.3, 0.4) is 0 Å². The number of aliphatic hydroxyl groups is 1. The minimum Gasteiger partial charge on any atom is -0.396 e. The van der Waals surface area contributed by atoms with Gasteiger partial charge < -0.3 is 10.4 Å². The molecule has 0 heterocycles. The van der Waals surface area contributed by atoms with Crippen LogP contribution in [0, 0.1) is 11.3 Å². The van der Waals surface area contributed by atoms with Gasteiger partial charge in [0.15, 0.2) is 0 Å². The zero-order valence-corrected chi connectivity index (χ0v) is 11.8. The molecular formula is C13H25NO2S. The molecular weight excluding hydrogens is 234 g/mol. The number of aliphatic hydroxyl groups excluding tert-OH is 1. The van der Waals surface area contributed by atoms with Crippen LogP contribution in [0.4, 0.5) is 0 Å². The Bertz CT molecular complexity index is 240. The molecule has 0 radical (unpaired) electrons. The van der Waals surface area contributed by atoms with Gasteiger partial charge in [0.1, 0.15) is 0 Å². The van der Waals surface area contributed by atoms with E-state index >= 15 is 0 Å². The van der Waals surface area contributed by atoms with Gasteiger partial charge in [-0.2, -0.15) is 11.8 Å². The summed E-state index contributed by atoms with van der Waals surface area (Å²) in [5.41, 5.74) is -0.0486. The van der Waals surface area contributed by atoms with E-state index in [4.69, 9.17) is 0 Å². The molecule has 100 valence electrons. The lowest BCUT2D eigenvalue weighted by molar-refractivity contribution is -0.124. The van der Waals surface area contributed by atoms with E-state index in [2.05, 4.69) is 5.32 Å². The molecule has 4 heteroatoms. The highest BCUT2D eigenvalue weighted by molar-refractivity contribution is 7.98. The Morgan fingerprint density at radius 1 is 1.41 bits per heavy atom. The van der Waals surface area contributed by atoms with Crippen LogP contribution in [0.1, 0.15) is 39.0 Å². The molecule has 1 aliphatic rings. The SMILES string of the molecule is CSCC(C)C(=O)NCC1(CO)CCCCC1. The van der Waals surface area contributed by atoms with Crippen LogP contribution >= 0.6 is 11.8 Å². The average Bonchev–Trinajstić information content (AvgIpc) is 2.37. The molecule has 2 N–H and O–H groups in total. The van der Waals surface area contributed by atoms with Crippen LogP contribution in [0.15, 0.2) is 0 Å². The number of carbonyl (C=O) groups excluding carboxylic acids is 1. The van der Waals surface area contributed by atoms with Gasteiger partial charge in [-0.05, 0) is 19.1 Å². The monoisotopic (exact) mass is 259 g/mol. The van der Waals surface area contributed by atoms with E-state index in [1.165, 1.54) is 19.3 Å². The molecule has 0 aromatic heterocycles. The summed E-state index contributed by atoms with van der Waals surface area (Å²) in [5.74, 6) is 1.04. The van der Waals surface area contributed by atoms with E-state index in [9.17, 15) is 9.90 Å². The predicted molar refractivity (Wildman–Crippen MR) is 73.2 cm³/mol. The van der Waals surface area contributed by atoms with Crippen molar-refractivity contribution in [3.63, 3.8) is 0 Å². The zero-order valence-electron chi connectivity index (χ0n) is 11.0. The molecule has 1 aliphatic carbocycles. The van der Waals surface area contributed by atoms with Gasteiger partial charge in [0, 0.05) is 23.6 Å². The summed E-state index contributed by atoms with van der Waals surface area (Å²) in [6, 6.07) is 0. The van der Waals surface area contributed by atoms with E-state index in [1.54, 1.807) is 11.8 Å². The fourth-order valence-electron chi connectivity index (χ4n) is 2.47. The van der Waals surface area contributed by atoms with Crippen molar-refractivity contribution >= 4 is 17.7 Å². The molecule has 0 saturated heterocycles. The molecule has 0 aromatic carbocycles. The Morgan fingerprint density at radius 2 is 2.06 bits per heavy atom. The van der Waals surface area contributed by atoms with E-state index in [0.29, 0.717) is 6.54 Å². The second-order valence-corrected chi connectivity index (χ2v) is 6.20. The van der Waals surface area contributed by atoms with Gasteiger partial charge in [0.05, 0.1) is 6.61 Å². The second-order valence-electron chi connectivity index (χ2n) is 5.29. The van der Waals surface area contributed by atoms with E-state index < -0.39 is 0 Å². The highest BCUT2D eigenvalue weighted by atomic mass is 32.2. The van der Waals surface area contributed by atoms with Crippen LogP contribution in [-0.2, 0) is 4.79 Å². The summed E-state index contributed by atoms with van der Waals surface area (Å²) in [7, 11) is 0. The molecule has 1 saturated carbocycles. The number of carbonyl (C=O) groups is 1. The van der Waals surface area contributed by atoms with Crippen LogP contribution in [0.2, 0.25) is 0 Å². The molecule has 1 rings (SSSR count). The molecule has 0 bridgehead atoms. The molecule has 0 aliphatic heterocycles. The second kappa shape index (κ2) is 7.27. The van der Waals surface area contributed by atoms with Crippen molar-refractivity contribution in [2.24, 2.45) is 11.3 Å². The quantitative estimate of drug-likeness (QED) is 0.767. The number of hydrogen-bond donors (Lipinski definition) is 2. The van der Waals surface area contributed by atoms with Gasteiger partial charge in [0.25, 0.3) is 0 Å². The fraction of sp³-hybridized carbons (Fsp3) is 0.923. The van der Waals surface area contributed by atoms with Gasteiger partial charge >= 0.3 is 0 Å². The number of amides is 1. The van der Waals surface area contributed by atoms with Gasteiger partial charge in [-0.1, -0.05) is 26.2 Å². The Kier molecular flexibility index (Phi) is 6.34. The van der Waals surface area contributed by atoms with Crippen molar-refractivity contribution in [2.75, 3.05) is 25.2 Å². The minimum atomic E-state index is -0.0486. The molecule has 0 spiro atoms. The van der Waals surface area contributed by atoms with Gasteiger partial charge in [-0.3, -0.25) is 4.79 Å². The summed E-state index contributed by atoms with van der Waals surface area (Å²) in [6.07, 6.45) is 7.72. The normalized spacial score (nSPS) is 20.9. The molecule has 1 unspecified atom stereocenters. The van der Waals surface area contributed by atoms with Gasteiger partial charge in [-0.25, -0.2) is 0 Å². The van der Waals surface area contributed by atoms with Gasteiger partial charge in [-0.15, -0.1) is 0 Å². The summed E-state index contributed by atoms with van der Waals surface area (Å²) in [6.45, 7) is 2.80. The Morgan fingerprint density at radius 3 is 2.59 bits per heavy atom. The largest absolute Gasteiger partial charge is 0.396 e. The summed E-state index contributed by atoms with van der Waals surface area (Å²) >= 11 is 1.69. The molecule has 0 aromatic rings. The van der Waals surface area contributed by atoms with Crippen molar-refractivity contribution in [3.8, 4) is 0 Å². The number of hydrogen-bond acceptors (Lipinski definition) is 3. The average molecular weight is 259 g/mol. The molecule has 1 amide bonds. The molecule has 1 fully saturated rings. The lowest BCUT2D eigenvalue weighted by Gasteiger charge is -2.35. The first-order chi connectivity index (χ1) is 8.13. The number of thioether (sulfide) groups is 1. The first kappa shape index (κ1) is 14.8. The standard InChI is InChI=1S/C13H25NO2S/c1-11(8-17-2)12(16)14-9-13(10-15)6-4-3-5-7-13/h11,15H,3-10H2,1-2H3,(H,14,16). The van der Waals surface area contributed by atoms with Crippen LogP contribution in [0.25, 0.3) is 0 Å². The van der Waals surface area contributed by atoms with E-state index in [0.717, 1.165) is 18.6 Å². The summed E-state index contributed by atoms with van der Waals surface area (Å²) < 4.78 is 0. The topological polar surface area (TPSA) is 49.3 Å². The number of rotatable bonds is 6. The Balaban J connectivity index is 2.39. The zero-order chi connectivity index (χ0) is 12.7. The summed E-state index contributed by atoms with van der Waals surface area (Å²) in [4.78, 5) is 11.8. The minimum absolute atomic E-state index is 0.0486. The van der Waals surface area contributed by atoms with Crippen molar-refractivity contribution < 1.29 is 9.90 Å². The molecule has 17 heavy (non-hydrogen) atoms. The maximum atomic E-state index is 11.8. The summed E-state index contributed by atoms with van der Waals surface area (Å²) in [5, 5.41) is 12.6. The lowest BCUT2D eigenvalue weighted by atomic mass is 9.74. The first-order valence-corrected chi connectivity index (χ1v) is 7.90. The highest BCUT2D eigenvalue weighted by Gasteiger charge is 2.32. The lowest BCUT2D eigenvalue weighted by Crippen LogP contribution is -2.43. The van der Waals surface area contributed by atoms with Crippen molar-refractivity contribution in [3.05, 3.63) is 0 Å². The fourth-order valence-corrected chi connectivity index (χ4v) is 3.12. The predicted octanol–water partition coefficient (Wildman–Crippen LogP) is 2.04. The highest BCUT2D eigenvalue weighted by Crippen LogP contribution is 2.35. The smallest absolute Gasteiger partial charge is 0.223 e. The Labute approximate surface area is 109 Å². The molecule has 3 nitrogen and oxygen atoms in total. The van der Waals surface area contributed by atoms with E-state index in [1.807, 2.05) is 13.2 Å². The van der Waals surface area contributed by atoms with Crippen molar-refractivity contribution in [2.45, 2.75) is 39.0 Å². The van der Waals surface area contributed by atoms with Crippen molar-refractivity contribution in [1.29, 1.82) is 0 Å². The third-order valence-electron chi connectivity index (χ3n) is 3.75. The number of nitrogens with one attached hydrogen (secondary N) is 1. The third kappa shape index (κ3) is 4.51. The first-order valence-electron chi connectivity index (χ1n) is 6.51. The van der Waals surface area contributed by atoms with Crippen LogP contribution in [0.5, 0.6) is 0 Å². The van der Waals surface area contributed by atoms with Crippen LogP contribution < -0.4 is 5.32 Å². The van der Waals surface area contributed by atoms with Gasteiger partial charge in [0.2, 0.25) is 5.91 Å². The molecule has 1 atom stereocenters. The van der Waals surface area contributed by atoms with Crippen molar-refractivity contribution in [1.82, 2.24) is 5.32 Å². The Hall–Kier alpha value is -0.220. The maximum absolute atomic E-state index is 11.8. The van der Waals surface area contributed by atoms with E-state index in [-0.39, 0.29) is 23.8 Å². The van der Waals surface area contributed by atoms with Crippen LogP contribution in [-0.4, -0.2) is 36.2 Å². The third-order valence-corrected chi connectivity index (χ3v) is 4.58.